The molecule has 0 aliphatic heterocycles. The van der Waals surface area contributed by atoms with Gasteiger partial charge < -0.3 is 24.8 Å². The summed E-state index contributed by atoms with van der Waals surface area (Å²) in [4.78, 5) is 23.8. The molecule has 1 fully saturated rings. The number of fused-ring (bicyclic) bond motifs is 1. The second-order valence-corrected chi connectivity index (χ2v) is 10.1. The van der Waals surface area contributed by atoms with Crippen molar-refractivity contribution >= 4 is 36.2 Å². The number of nitrogen functional groups attached to an aromatic ring is 1. The summed E-state index contributed by atoms with van der Waals surface area (Å²) in [5.74, 6) is -0.888. The molecule has 1 aliphatic rings. The molecule has 0 aromatic carbocycles. The standard InChI is InChI=1S/C18H28N7O5P/c1-12(8-25-10-22-14-15(19)20-9-21-16(14)25)29-11-31(28,24-18(2,3)17(26)27)30-23-13-6-4-5-7-13/h9-10,12H,4-8,11H2,1-3H3,(H,24,28)(H,26,27)(H2,19,20,21). The highest BCUT2D eigenvalue weighted by Crippen LogP contribution is 2.45. The van der Waals surface area contributed by atoms with Gasteiger partial charge in [0.05, 0.1) is 24.7 Å². The largest absolute Gasteiger partial charge is 0.480 e. The molecule has 2 heterocycles. The number of hydrogen-bond acceptors (Lipinski definition) is 9. The Morgan fingerprint density at radius 3 is 2.77 bits per heavy atom. The summed E-state index contributed by atoms with van der Waals surface area (Å²) >= 11 is 0. The van der Waals surface area contributed by atoms with Crippen molar-refractivity contribution < 1.29 is 23.8 Å². The van der Waals surface area contributed by atoms with Crippen LogP contribution in [0.2, 0.25) is 0 Å². The van der Waals surface area contributed by atoms with Crippen LogP contribution >= 0.6 is 7.52 Å². The topological polar surface area (TPSA) is 167 Å². The van der Waals surface area contributed by atoms with Crippen molar-refractivity contribution in [3.63, 3.8) is 0 Å². The molecule has 2 atom stereocenters. The number of nitrogens with one attached hydrogen (secondary N) is 1. The number of rotatable bonds is 10. The first-order valence-corrected chi connectivity index (χ1v) is 11.8. The third-order valence-corrected chi connectivity index (χ3v) is 6.61. The number of carboxylic acids is 1. The number of anilines is 1. The first-order chi connectivity index (χ1) is 14.6. The predicted octanol–water partition coefficient (Wildman–Crippen LogP) is 2.36. The summed E-state index contributed by atoms with van der Waals surface area (Å²) in [6.07, 6.45) is 5.70. The maximum atomic E-state index is 13.4. The Balaban J connectivity index is 1.69. The Labute approximate surface area is 179 Å². The van der Waals surface area contributed by atoms with Crippen molar-refractivity contribution in [2.75, 3.05) is 12.1 Å². The average molecular weight is 453 g/mol. The van der Waals surface area contributed by atoms with Crippen LogP contribution in [0.1, 0.15) is 46.5 Å². The van der Waals surface area contributed by atoms with Gasteiger partial charge in [-0.1, -0.05) is 5.16 Å². The number of aromatic nitrogens is 4. The Morgan fingerprint density at radius 1 is 1.39 bits per heavy atom. The highest BCUT2D eigenvalue weighted by atomic mass is 31.2. The van der Waals surface area contributed by atoms with Crippen LogP contribution in [0.5, 0.6) is 0 Å². The van der Waals surface area contributed by atoms with Crippen molar-refractivity contribution in [3.8, 4) is 0 Å². The van der Waals surface area contributed by atoms with Gasteiger partial charge in [0.2, 0.25) is 0 Å². The molecule has 0 amide bonds. The molecule has 0 spiro atoms. The molecule has 1 saturated carbocycles. The second-order valence-electron chi connectivity index (χ2n) is 8.10. The van der Waals surface area contributed by atoms with Crippen LogP contribution < -0.4 is 10.8 Å². The lowest BCUT2D eigenvalue weighted by atomic mass is 10.1. The van der Waals surface area contributed by atoms with E-state index in [0.29, 0.717) is 17.7 Å². The summed E-state index contributed by atoms with van der Waals surface area (Å²) in [5, 5.41) is 16.0. The summed E-state index contributed by atoms with van der Waals surface area (Å²) in [5.41, 5.74) is 6.16. The van der Waals surface area contributed by atoms with Gasteiger partial charge in [-0.3, -0.25) is 9.36 Å². The number of nitrogens with zero attached hydrogens (tertiary/aromatic N) is 5. The fourth-order valence-corrected chi connectivity index (χ4v) is 4.93. The van der Waals surface area contributed by atoms with Crippen molar-refractivity contribution in [3.05, 3.63) is 12.7 Å². The van der Waals surface area contributed by atoms with Gasteiger partial charge in [0.1, 0.15) is 23.7 Å². The average Bonchev–Trinajstić information content (AvgIpc) is 3.36. The normalized spacial score (nSPS) is 17.5. The molecular formula is C18H28N7O5P. The molecule has 0 saturated heterocycles. The van der Waals surface area contributed by atoms with E-state index in [-0.39, 0.29) is 12.2 Å². The molecule has 2 aromatic rings. The smallest absolute Gasteiger partial charge is 0.365 e. The first-order valence-electron chi connectivity index (χ1n) is 9.99. The summed E-state index contributed by atoms with van der Waals surface area (Å²) in [6.45, 7) is 4.94. The zero-order valence-electron chi connectivity index (χ0n) is 17.8. The predicted molar refractivity (Wildman–Crippen MR) is 115 cm³/mol. The lowest BCUT2D eigenvalue weighted by molar-refractivity contribution is -0.142. The quantitative estimate of drug-likeness (QED) is 0.359. The van der Waals surface area contributed by atoms with Gasteiger partial charge in [-0.15, -0.1) is 0 Å². The minimum atomic E-state index is -3.76. The monoisotopic (exact) mass is 453 g/mol. The molecule has 1 aliphatic carbocycles. The van der Waals surface area contributed by atoms with Crippen LogP contribution in [0, 0.1) is 0 Å². The number of oxime groups is 1. The Morgan fingerprint density at radius 2 is 2.10 bits per heavy atom. The van der Waals surface area contributed by atoms with E-state index in [1.165, 1.54) is 20.2 Å². The van der Waals surface area contributed by atoms with Gasteiger partial charge >= 0.3 is 13.5 Å². The van der Waals surface area contributed by atoms with E-state index in [9.17, 15) is 14.5 Å². The fourth-order valence-electron chi connectivity index (χ4n) is 3.14. The van der Waals surface area contributed by atoms with E-state index in [4.69, 9.17) is 15.1 Å². The van der Waals surface area contributed by atoms with E-state index >= 15 is 0 Å². The zero-order chi connectivity index (χ0) is 22.6. The molecule has 4 N–H and O–H groups in total. The number of carbonyl (C=O) groups is 1. The SMILES string of the molecule is CC(Cn1cnc2c(N)ncnc21)OCP(=O)(NC(C)(C)C(=O)O)ON=C1CCCC1. The highest BCUT2D eigenvalue weighted by molar-refractivity contribution is 7.56. The molecule has 170 valence electrons. The van der Waals surface area contributed by atoms with Gasteiger partial charge in [0.25, 0.3) is 0 Å². The lowest BCUT2D eigenvalue weighted by Crippen LogP contribution is -2.45. The third-order valence-electron chi connectivity index (χ3n) is 4.88. The minimum Gasteiger partial charge on any atom is -0.480 e. The molecule has 0 bridgehead atoms. The molecule has 2 unspecified atom stereocenters. The molecule has 3 rings (SSSR count). The number of hydrogen-bond donors (Lipinski definition) is 3. The van der Waals surface area contributed by atoms with E-state index in [0.717, 1.165) is 31.4 Å². The van der Waals surface area contributed by atoms with E-state index in [1.807, 2.05) is 0 Å². The highest BCUT2D eigenvalue weighted by Gasteiger charge is 2.38. The van der Waals surface area contributed by atoms with Crippen molar-refractivity contribution in [1.82, 2.24) is 24.6 Å². The Kier molecular flexibility index (Phi) is 6.93. The fraction of sp³-hybridized carbons (Fsp3) is 0.611. The van der Waals surface area contributed by atoms with Crippen LogP contribution in [0.3, 0.4) is 0 Å². The molecular weight excluding hydrogens is 425 g/mol. The maximum Gasteiger partial charge on any atom is 0.365 e. The molecule has 31 heavy (non-hydrogen) atoms. The van der Waals surface area contributed by atoms with Crippen LogP contribution in [0.4, 0.5) is 5.82 Å². The molecule has 2 aromatic heterocycles. The van der Waals surface area contributed by atoms with Crippen LogP contribution in [0.25, 0.3) is 11.2 Å². The van der Waals surface area contributed by atoms with Gasteiger partial charge in [-0.25, -0.2) is 20.0 Å². The molecule has 0 radical (unpaired) electrons. The maximum absolute atomic E-state index is 13.4. The second kappa shape index (κ2) is 9.29. The summed E-state index contributed by atoms with van der Waals surface area (Å²) < 4.78 is 26.2. The number of imidazole rings is 1. The lowest BCUT2D eigenvalue weighted by Gasteiger charge is -2.27. The van der Waals surface area contributed by atoms with Crippen molar-refractivity contribution in [2.24, 2.45) is 5.16 Å². The van der Waals surface area contributed by atoms with Gasteiger partial charge in [0.15, 0.2) is 11.5 Å². The van der Waals surface area contributed by atoms with Crippen LogP contribution in [-0.2, 0) is 25.3 Å². The molecule has 13 heteroatoms. The number of ether oxygens (including phenoxy) is 1. The van der Waals surface area contributed by atoms with Crippen molar-refractivity contribution in [1.29, 1.82) is 0 Å². The first kappa shape index (κ1) is 23.1. The molecule has 12 nitrogen and oxygen atoms in total. The van der Waals surface area contributed by atoms with Crippen LogP contribution in [-0.4, -0.2) is 54.3 Å². The van der Waals surface area contributed by atoms with E-state index in [2.05, 4.69) is 25.2 Å². The zero-order valence-corrected chi connectivity index (χ0v) is 18.7. The van der Waals surface area contributed by atoms with Crippen LogP contribution in [0.15, 0.2) is 17.8 Å². The minimum absolute atomic E-state index is 0.279. The van der Waals surface area contributed by atoms with Gasteiger partial charge in [-0.05, 0) is 46.5 Å². The third kappa shape index (κ3) is 5.78. The van der Waals surface area contributed by atoms with E-state index in [1.54, 1.807) is 17.8 Å². The Hall–Kier alpha value is -2.56. The van der Waals surface area contributed by atoms with E-state index < -0.39 is 25.1 Å². The summed E-state index contributed by atoms with van der Waals surface area (Å²) in [6, 6.07) is 0. The van der Waals surface area contributed by atoms with Crippen molar-refractivity contribution in [2.45, 2.75) is 64.6 Å². The van der Waals surface area contributed by atoms with Gasteiger partial charge in [0, 0.05) is 0 Å². The number of nitrogens with two attached hydrogens (primary N) is 1. The Bertz CT molecular complexity index is 1010. The van der Waals surface area contributed by atoms with Gasteiger partial charge in [-0.2, -0.15) is 0 Å². The summed E-state index contributed by atoms with van der Waals surface area (Å²) in [7, 11) is -3.76. The number of carboxylic acid groups (broad SMARTS) is 1. The number of aliphatic carboxylic acids is 1.